The van der Waals surface area contributed by atoms with Gasteiger partial charge in [-0.2, -0.15) is 0 Å². The maximum atomic E-state index is 2.80. The molecule has 0 spiro atoms. The molecule has 80 valence electrons. The Kier molecular flexibility index (Phi) is 2.29. The molecule has 2 unspecified atom stereocenters. The highest BCUT2D eigenvalue weighted by atomic mass is 127. The summed E-state index contributed by atoms with van der Waals surface area (Å²) >= 11 is 5.61. The van der Waals surface area contributed by atoms with Crippen LogP contribution in [0.4, 0.5) is 0 Å². The molecule has 2 atom stereocenters. The first-order valence-corrected chi connectivity index (χ1v) is 8.00. The van der Waals surface area contributed by atoms with E-state index in [2.05, 4.69) is 52.1 Å². The molecule has 0 saturated heterocycles. The minimum Gasteiger partial charge on any atom is -0.0788 e. The van der Waals surface area contributed by atoms with Crippen LogP contribution in [-0.2, 0) is 0 Å². The van der Waals surface area contributed by atoms with Crippen molar-refractivity contribution in [3.05, 3.63) is 0 Å². The largest absolute Gasteiger partial charge is 0.0788 e. The van der Waals surface area contributed by atoms with Gasteiger partial charge in [-0.25, -0.2) is 0 Å². The van der Waals surface area contributed by atoms with Crippen LogP contribution >= 0.6 is 45.2 Å². The minimum absolute atomic E-state index is 0.689. The SMILES string of the molecule is CCC12CC3CC(I)(CC(I)(C3)C1)C2. The zero-order valence-electron chi connectivity index (χ0n) is 8.78. The van der Waals surface area contributed by atoms with Crippen molar-refractivity contribution in [2.24, 2.45) is 11.3 Å². The van der Waals surface area contributed by atoms with E-state index in [1.165, 1.54) is 38.5 Å². The first-order valence-electron chi connectivity index (χ1n) is 5.85. The van der Waals surface area contributed by atoms with Crippen molar-refractivity contribution in [3.8, 4) is 0 Å². The summed E-state index contributed by atoms with van der Waals surface area (Å²) in [7, 11) is 0. The summed E-state index contributed by atoms with van der Waals surface area (Å²) in [5.41, 5.74) is 0.752. The number of hydrogen-bond acceptors (Lipinski definition) is 0. The summed E-state index contributed by atoms with van der Waals surface area (Å²) in [4.78, 5) is 0. The van der Waals surface area contributed by atoms with Gasteiger partial charge in [0.1, 0.15) is 0 Å². The van der Waals surface area contributed by atoms with E-state index in [9.17, 15) is 0 Å². The number of alkyl halides is 2. The zero-order valence-corrected chi connectivity index (χ0v) is 13.1. The first-order chi connectivity index (χ1) is 6.47. The average molecular weight is 416 g/mol. The van der Waals surface area contributed by atoms with Crippen LogP contribution in [0.3, 0.4) is 0 Å². The average Bonchev–Trinajstić information content (AvgIpc) is 1.97. The Morgan fingerprint density at radius 2 is 1.57 bits per heavy atom. The maximum Gasteiger partial charge on any atom is 0.0243 e. The summed E-state index contributed by atoms with van der Waals surface area (Å²) in [6.07, 6.45) is 10.6. The van der Waals surface area contributed by atoms with Crippen LogP contribution in [0.1, 0.15) is 51.9 Å². The summed E-state index contributed by atoms with van der Waals surface area (Å²) in [5, 5.41) is 0. The molecule has 4 aliphatic carbocycles. The molecule has 4 rings (SSSR count). The Labute approximate surface area is 114 Å². The van der Waals surface area contributed by atoms with Crippen LogP contribution in [-0.4, -0.2) is 6.84 Å². The summed E-state index contributed by atoms with van der Waals surface area (Å²) < 4.78 is 1.38. The van der Waals surface area contributed by atoms with E-state index in [4.69, 9.17) is 0 Å². The smallest absolute Gasteiger partial charge is 0.0243 e. The molecule has 4 saturated carbocycles. The van der Waals surface area contributed by atoms with Crippen molar-refractivity contribution in [1.29, 1.82) is 0 Å². The highest BCUT2D eigenvalue weighted by Crippen LogP contribution is 2.69. The molecule has 4 aliphatic rings. The molecule has 14 heavy (non-hydrogen) atoms. The second-order valence-electron chi connectivity index (χ2n) is 6.16. The van der Waals surface area contributed by atoms with Gasteiger partial charge in [0.05, 0.1) is 0 Å². The van der Waals surface area contributed by atoms with Gasteiger partial charge in [-0.3, -0.25) is 0 Å². The molecular formula is C12H18I2. The van der Waals surface area contributed by atoms with Crippen LogP contribution < -0.4 is 0 Å². The van der Waals surface area contributed by atoms with E-state index in [-0.39, 0.29) is 0 Å². The van der Waals surface area contributed by atoms with Crippen LogP contribution in [0.5, 0.6) is 0 Å². The van der Waals surface area contributed by atoms with E-state index < -0.39 is 0 Å². The molecule has 0 amide bonds. The standard InChI is InChI=1S/C12H18I2/c1-2-10-3-9-4-11(13,6-10)8-12(14,5-9)7-10/h9H,2-8H2,1H3. The Morgan fingerprint density at radius 1 is 1.00 bits per heavy atom. The van der Waals surface area contributed by atoms with E-state index >= 15 is 0 Å². The van der Waals surface area contributed by atoms with Gasteiger partial charge in [-0.05, 0) is 49.9 Å². The topological polar surface area (TPSA) is 0 Å². The fourth-order valence-electron chi connectivity index (χ4n) is 4.79. The fraction of sp³-hybridized carbons (Fsp3) is 1.00. The van der Waals surface area contributed by atoms with Gasteiger partial charge in [0.2, 0.25) is 0 Å². The molecule has 4 bridgehead atoms. The summed E-state index contributed by atoms with van der Waals surface area (Å²) in [6, 6.07) is 0. The zero-order chi connectivity index (χ0) is 10.0. The van der Waals surface area contributed by atoms with E-state index in [1.54, 1.807) is 6.42 Å². The van der Waals surface area contributed by atoms with E-state index in [0.29, 0.717) is 6.84 Å². The first kappa shape index (κ1) is 10.6. The van der Waals surface area contributed by atoms with Gasteiger partial charge in [-0.15, -0.1) is 0 Å². The Bertz CT molecular complexity index is 255. The van der Waals surface area contributed by atoms with Crippen LogP contribution in [0.2, 0.25) is 0 Å². The lowest BCUT2D eigenvalue weighted by Crippen LogP contribution is -2.58. The molecule has 0 aromatic heterocycles. The molecule has 0 aromatic rings. The van der Waals surface area contributed by atoms with Gasteiger partial charge < -0.3 is 0 Å². The van der Waals surface area contributed by atoms with Crippen molar-refractivity contribution >= 4 is 45.2 Å². The minimum atomic E-state index is 0.689. The van der Waals surface area contributed by atoms with Gasteiger partial charge in [0.15, 0.2) is 0 Å². The van der Waals surface area contributed by atoms with E-state index in [1.807, 2.05) is 0 Å². The fourth-order valence-corrected chi connectivity index (χ4v) is 9.84. The van der Waals surface area contributed by atoms with Crippen molar-refractivity contribution < 1.29 is 0 Å². The van der Waals surface area contributed by atoms with Gasteiger partial charge in [-0.1, -0.05) is 58.5 Å². The molecule has 0 aliphatic heterocycles. The monoisotopic (exact) mass is 416 g/mol. The molecule has 0 radical (unpaired) electrons. The second kappa shape index (κ2) is 3.02. The Hall–Kier alpha value is 1.46. The van der Waals surface area contributed by atoms with Crippen molar-refractivity contribution in [3.63, 3.8) is 0 Å². The van der Waals surface area contributed by atoms with Crippen molar-refractivity contribution in [1.82, 2.24) is 0 Å². The third-order valence-electron chi connectivity index (χ3n) is 4.80. The number of hydrogen-bond donors (Lipinski definition) is 0. The van der Waals surface area contributed by atoms with Gasteiger partial charge in [0.25, 0.3) is 0 Å². The molecule has 2 heteroatoms. The predicted octanol–water partition coefficient (Wildman–Crippen LogP) is 4.73. The van der Waals surface area contributed by atoms with Crippen molar-refractivity contribution in [2.75, 3.05) is 0 Å². The lowest BCUT2D eigenvalue weighted by atomic mass is 9.49. The molecule has 0 nitrogen and oxygen atoms in total. The third kappa shape index (κ3) is 1.49. The predicted molar refractivity (Wildman–Crippen MR) is 77.4 cm³/mol. The maximum absolute atomic E-state index is 2.80. The second-order valence-corrected chi connectivity index (χ2v) is 10.7. The van der Waals surface area contributed by atoms with E-state index in [0.717, 1.165) is 11.3 Å². The highest BCUT2D eigenvalue weighted by molar-refractivity contribution is 14.1. The quantitative estimate of drug-likeness (QED) is 0.429. The van der Waals surface area contributed by atoms with Crippen LogP contribution in [0, 0.1) is 11.3 Å². The van der Waals surface area contributed by atoms with Gasteiger partial charge in [0, 0.05) is 6.84 Å². The van der Waals surface area contributed by atoms with Crippen LogP contribution in [0.15, 0.2) is 0 Å². The van der Waals surface area contributed by atoms with Crippen molar-refractivity contribution in [2.45, 2.75) is 58.7 Å². The molecule has 4 fully saturated rings. The van der Waals surface area contributed by atoms with Crippen LogP contribution in [0.25, 0.3) is 0 Å². The highest BCUT2D eigenvalue weighted by Gasteiger charge is 2.60. The lowest BCUT2D eigenvalue weighted by Gasteiger charge is -2.63. The molecular weight excluding hydrogens is 398 g/mol. The Balaban J connectivity index is 2.01. The molecule has 0 aromatic carbocycles. The normalized spacial score (nSPS) is 60.6. The number of halogens is 2. The third-order valence-corrected chi connectivity index (χ3v) is 7.20. The summed E-state index contributed by atoms with van der Waals surface area (Å²) in [6.45, 7) is 2.42. The lowest BCUT2D eigenvalue weighted by molar-refractivity contribution is -0.0121. The molecule has 0 heterocycles. The molecule has 0 N–H and O–H groups in total. The summed E-state index contributed by atoms with van der Waals surface area (Å²) in [5.74, 6) is 1.07. The number of rotatable bonds is 1. The Morgan fingerprint density at radius 3 is 2.00 bits per heavy atom. The van der Waals surface area contributed by atoms with Gasteiger partial charge >= 0.3 is 0 Å².